The van der Waals surface area contributed by atoms with Crippen LogP contribution in [0.2, 0.25) is 0 Å². The number of aromatic nitrogens is 2. The van der Waals surface area contributed by atoms with E-state index >= 15 is 0 Å². The Labute approximate surface area is 160 Å². The van der Waals surface area contributed by atoms with Gasteiger partial charge in [0, 0.05) is 28.7 Å². The van der Waals surface area contributed by atoms with Crippen LogP contribution in [-0.4, -0.2) is 20.8 Å². The number of hydrogen-bond donors (Lipinski definition) is 1. The zero-order chi connectivity index (χ0) is 18.2. The number of unbranched alkanes of at least 4 members (excludes halogenated alkanes) is 1. The molecule has 26 heavy (non-hydrogen) atoms. The minimum absolute atomic E-state index is 0.223. The fourth-order valence-corrected chi connectivity index (χ4v) is 3.98. The molecule has 2 aromatic rings. The molecule has 0 fully saturated rings. The van der Waals surface area contributed by atoms with Crippen LogP contribution in [-0.2, 0) is 6.54 Å². The Morgan fingerprint density at radius 3 is 2.69 bits per heavy atom. The zero-order valence-corrected chi connectivity index (χ0v) is 16.0. The summed E-state index contributed by atoms with van der Waals surface area (Å²) < 4.78 is 1.90. The van der Waals surface area contributed by atoms with Crippen molar-refractivity contribution in [2.75, 3.05) is 0 Å². The monoisotopic (exact) mass is 366 g/mol. The molecule has 1 heterocycles. The fraction of sp³-hybridized carbons (Fsp3) is 0.318. The molecule has 0 radical (unpaired) electrons. The molecule has 0 amide bonds. The van der Waals surface area contributed by atoms with E-state index in [4.69, 9.17) is 0 Å². The van der Waals surface area contributed by atoms with Gasteiger partial charge in [0.15, 0.2) is 0 Å². The molecule has 1 atom stereocenters. The Morgan fingerprint density at radius 2 is 2.08 bits per heavy atom. The number of rotatable bonds is 7. The zero-order valence-electron chi connectivity index (χ0n) is 15.2. The van der Waals surface area contributed by atoms with Crippen molar-refractivity contribution in [1.29, 1.82) is 0 Å². The third kappa shape index (κ3) is 5.48. The van der Waals surface area contributed by atoms with Gasteiger partial charge in [-0.3, -0.25) is 0 Å². The van der Waals surface area contributed by atoms with E-state index in [9.17, 15) is 5.11 Å². The number of thioether (sulfide) groups is 1. The molecule has 1 aromatic heterocycles. The van der Waals surface area contributed by atoms with E-state index in [0.717, 1.165) is 25.7 Å². The van der Waals surface area contributed by atoms with Crippen LogP contribution in [0.5, 0.6) is 0 Å². The summed E-state index contributed by atoms with van der Waals surface area (Å²) in [6.07, 6.45) is 16.1. The molecule has 0 aliphatic heterocycles. The van der Waals surface area contributed by atoms with Crippen molar-refractivity contribution in [1.82, 2.24) is 9.55 Å². The second-order valence-corrected chi connectivity index (χ2v) is 7.70. The maximum atomic E-state index is 9.50. The standard InChI is InChI=1S/C13H10S.C9H16N2O/c1-2-4-12(5-3-1)14-13-9-10-6-7-11(13)8-10;1-2-3-4-9(12)7-11-6-5-10-8-11/h1-7,9H,8H2;5-6,8-9,12H,2-4,7H2,1H3. The second-order valence-electron chi connectivity index (χ2n) is 6.59. The van der Waals surface area contributed by atoms with Crippen molar-refractivity contribution in [2.45, 2.75) is 50.2 Å². The van der Waals surface area contributed by atoms with Crippen LogP contribution < -0.4 is 0 Å². The Kier molecular flexibility index (Phi) is 6.92. The Morgan fingerprint density at radius 1 is 1.23 bits per heavy atom. The largest absolute Gasteiger partial charge is 0.391 e. The second kappa shape index (κ2) is 9.60. The smallest absolute Gasteiger partial charge is 0.0946 e. The number of aliphatic hydroxyl groups excluding tert-OH is 1. The molecule has 0 spiro atoms. The lowest BCUT2D eigenvalue weighted by molar-refractivity contribution is 0.141. The minimum Gasteiger partial charge on any atom is -0.391 e. The van der Waals surface area contributed by atoms with E-state index in [2.05, 4.69) is 60.5 Å². The van der Waals surface area contributed by atoms with Crippen LogP contribution in [0.15, 0.2) is 88.2 Å². The number of fused-ring (bicyclic) bond motifs is 2. The van der Waals surface area contributed by atoms with Crippen LogP contribution in [0.1, 0.15) is 32.6 Å². The Hall–Kier alpha value is -2.04. The predicted octanol–water partition coefficient (Wildman–Crippen LogP) is 5.37. The molecular weight excluding hydrogens is 340 g/mol. The number of imidazole rings is 1. The molecule has 4 heteroatoms. The van der Waals surface area contributed by atoms with Crippen molar-refractivity contribution in [3.8, 4) is 0 Å². The lowest BCUT2D eigenvalue weighted by atomic mass is 10.1. The first kappa shape index (κ1) is 18.7. The summed E-state index contributed by atoms with van der Waals surface area (Å²) >= 11 is 1.87. The van der Waals surface area contributed by atoms with E-state index < -0.39 is 0 Å². The van der Waals surface area contributed by atoms with E-state index in [1.165, 1.54) is 20.9 Å². The van der Waals surface area contributed by atoms with Crippen molar-refractivity contribution in [3.63, 3.8) is 0 Å². The van der Waals surface area contributed by atoms with Crippen LogP contribution >= 0.6 is 11.8 Å². The highest BCUT2D eigenvalue weighted by atomic mass is 32.2. The number of hydrogen-bond acceptors (Lipinski definition) is 3. The highest BCUT2D eigenvalue weighted by Gasteiger charge is 2.17. The summed E-state index contributed by atoms with van der Waals surface area (Å²) in [5.41, 5.74) is 2.94. The van der Waals surface area contributed by atoms with Crippen molar-refractivity contribution in [3.05, 3.63) is 83.3 Å². The SMILES string of the molecule is C1=CC2=C(Sc3ccccc3)C=C1C2.CCCCC(O)Cn1ccnc1. The minimum atomic E-state index is -0.223. The van der Waals surface area contributed by atoms with Gasteiger partial charge in [0.2, 0.25) is 0 Å². The number of aliphatic hydroxyl groups is 1. The van der Waals surface area contributed by atoms with Gasteiger partial charge in [-0.2, -0.15) is 0 Å². The summed E-state index contributed by atoms with van der Waals surface area (Å²) in [5, 5.41) is 9.50. The van der Waals surface area contributed by atoms with Crippen molar-refractivity contribution in [2.24, 2.45) is 0 Å². The van der Waals surface area contributed by atoms with Gasteiger partial charge in [0.1, 0.15) is 0 Å². The third-order valence-corrected chi connectivity index (χ3v) is 5.48. The highest BCUT2D eigenvalue weighted by molar-refractivity contribution is 8.03. The summed E-state index contributed by atoms with van der Waals surface area (Å²) in [6, 6.07) is 10.5. The first-order valence-electron chi connectivity index (χ1n) is 9.23. The average Bonchev–Trinajstić information content (AvgIpc) is 3.40. The van der Waals surface area contributed by atoms with Crippen molar-refractivity contribution < 1.29 is 5.11 Å². The molecule has 3 nitrogen and oxygen atoms in total. The third-order valence-electron chi connectivity index (χ3n) is 4.37. The molecule has 2 bridgehead atoms. The van der Waals surface area contributed by atoms with E-state index in [0.29, 0.717) is 6.54 Å². The highest BCUT2D eigenvalue weighted by Crippen LogP contribution is 2.41. The maximum absolute atomic E-state index is 9.50. The van der Waals surface area contributed by atoms with Gasteiger partial charge in [-0.1, -0.05) is 61.9 Å². The molecule has 4 rings (SSSR count). The van der Waals surface area contributed by atoms with Crippen LogP contribution in [0.25, 0.3) is 0 Å². The summed E-state index contributed by atoms with van der Waals surface area (Å²) in [6.45, 7) is 2.80. The predicted molar refractivity (Wildman–Crippen MR) is 109 cm³/mol. The molecule has 1 unspecified atom stereocenters. The molecular formula is C22H26N2OS. The maximum Gasteiger partial charge on any atom is 0.0946 e. The van der Waals surface area contributed by atoms with Crippen LogP contribution in [0.4, 0.5) is 0 Å². The van der Waals surface area contributed by atoms with Gasteiger partial charge in [0.05, 0.1) is 12.4 Å². The van der Waals surface area contributed by atoms with E-state index in [-0.39, 0.29) is 6.10 Å². The molecule has 2 aliphatic rings. The average molecular weight is 367 g/mol. The topological polar surface area (TPSA) is 38.0 Å². The van der Waals surface area contributed by atoms with Gasteiger partial charge in [0.25, 0.3) is 0 Å². The fourth-order valence-electron chi connectivity index (χ4n) is 2.95. The van der Waals surface area contributed by atoms with Gasteiger partial charge in [-0.15, -0.1) is 0 Å². The Bertz CT molecular complexity index is 776. The lowest BCUT2D eigenvalue weighted by Gasteiger charge is -2.09. The lowest BCUT2D eigenvalue weighted by Crippen LogP contribution is -2.14. The normalized spacial score (nSPS) is 15.7. The number of nitrogens with zero attached hydrogens (tertiary/aromatic N) is 2. The van der Waals surface area contributed by atoms with E-state index in [1.54, 1.807) is 12.5 Å². The molecule has 0 saturated heterocycles. The number of benzene rings is 1. The molecule has 0 saturated carbocycles. The summed E-state index contributed by atoms with van der Waals surface area (Å²) in [5.74, 6) is 0. The quantitative estimate of drug-likeness (QED) is 0.716. The molecule has 1 N–H and O–H groups in total. The van der Waals surface area contributed by atoms with Gasteiger partial charge in [-0.25, -0.2) is 4.98 Å². The first-order chi connectivity index (χ1) is 12.7. The van der Waals surface area contributed by atoms with Gasteiger partial charge >= 0.3 is 0 Å². The molecule has 136 valence electrons. The Balaban J connectivity index is 0.000000153. The molecule has 2 aliphatic carbocycles. The summed E-state index contributed by atoms with van der Waals surface area (Å²) in [4.78, 5) is 6.66. The van der Waals surface area contributed by atoms with Gasteiger partial charge in [-0.05, 0) is 42.2 Å². The molecule has 1 aromatic carbocycles. The van der Waals surface area contributed by atoms with E-state index in [1.807, 2.05) is 22.5 Å². The summed E-state index contributed by atoms with van der Waals surface area (Å²) in [7, 11) is 0. The first-order valence-corrected chi connectivity index (χ1v) is 10.0. The van der Waals surface area contributed by atoms with Crippen LogP contribution in [0, 0.1) is 0 Å². The number of allylic oxidation sites excluding steroid dienone is 5. The van der Waals surface area contributed by atoms with Gasteiger partial charge < -0.3 is 9.67 Å². The van der Waals surface area contributed by atoms with Crippen molar-refractivity contribution >= 4 is 11.8 Å². The van der Waals surface area contributed by atoms with Crippen LogP contribution in [0.3, 0.4) is 0 Å².